The van der Waals surface area contributed by atoms with Gasteiger partial charge in [-0.25, -0.2) is 9.97 Å². The summed E-state index contributed by atoms with van der Waals surface area (Å²) in [6, 6.07) is 0.598. The SMILES string of the molecule is CCc1nc(NC2CCCC2)c(CC)nc1Br. The number of hydrogen-bond acceptors (Lipinski definition) is 3. The van der Waals surface area contributed by atoms with Gasteiger partial charge in [0, 0.05) is 6.04 Å². The molecule has 0 aromatic carbocycles. The van der Waals surface area contributed by atoms with Crippen molar-refractivity contribution in [2.75, 3.05) is 5.32 Å². The number of anilines is 1. The highest BCUT2D eigenvalue weighted by atomic mass is 79.9. The Bertz CT molecular complexity index is 386. The lowest BCUT2D eigenvalue weighted by molar-refractivity contribution is 0.741. The summed E-state index contributed by atoms with van der Waals surface area (Å²) in [5.74, 6) is 0.999. The third-order valence-electron chi connectivity index (χ3n) is 3.36. The molecule has 0 radical (unpaired) electrons. The monoisotopic (exact) mass is 297 g/mol. The molecule has 2 rings (SSSR count). The van der Waals surface area contributed by atoms with E-state index in [1.807, 2.05) is 0 Å². The summed E-state index contributed by atoms with van der Waals surface area (Å²) in [6.07, 6.45) is 7.04. The van der Waals surface area contributed by atoms with Crippen LogP contribution < -0.4 is 5.32 Å². The van der Waals surface area contributed by atoms with Crippen LogP contribution >= 0.6 is 15.9 Å². The molecule has 0 amide bonds. The summed E-state index contributed by atoms with van der Waals surface area (Å²) in [4.78, 5) is 9.30. The molecular formula is C13H20BrN3. The zero-order valence-electron chi connectivity index (χ0n) is 10.6. The smallest absolute Gasteiger partial charge is 0.148 e. The molecule has 1 N–H and O–H groups in total. The van der Waals surface area contributed by atoms with Crippen LogP contribution in [0, 0.1) is 0 Å². The van der Waals surface area contributed by atoms with Crippen LogP contribution in [0.1, 0.15) is 50.9 Å². The van der Waals surface area contributed by atoms with Gasteiger partial charge in [0.1, 0.15) is 10.4 Å². The molecule has 4 heteroatoms. The maximum absolute atomic E-state index is 4.70. The number of nitrogens with zero attached hydrogens (tertiary/aromatic N) is 2. The molecule has 0 atom stereocenters. The molecule has 0 saturated heterocycles. The van der Waals surface area contributed by atoms with Gasteiger partial charge in [-0.05, 0) is 41.6 Å². The van der Waals surface area contributed by atoms with E-state index < -0.39 is 0 Å². The highest BCUT2D eigenvalue weighted by Crippen LogP contribution is 2.25. The molecule has 94 valence electrons. The van der Waals surface area contributed by atoms with Crippen molar-refractivity contribution in [3.63, 3.8) is 0 Å². The number of aryl methyl sites for hydroxylation is 2. The Labute approximate surface area is 112 Å². The van der Waals surface area contributed by atoms with Gasteiger partial charge in [-0.2, -0.15) is 0 Å². The van der Waals surface area contributed by atoms with Gasteiger partial charge in [0.05, 0.1) is 11.4 Å². The number of nitrogens with one attached hydrogen (secondary N) is 1. The molecule has 1 fully saturated rings. The average molecular weight is 298 g/mol. The Kier molecular flexibility index (Phi) is 4.37. The van der Waals surface area contributed by atoms with Gasteiger partial charge in [0.2, 0.25) is 0 Å². The standard InChI is InChI=1S/C13H20BrN3/c1-3-10-12(14)16-11(4-2)13(17-10)15-9-7-5-6-8-9/h9H,3-8H2,1-2H3,(H,15,17). The first-order valence-electron chi connectivity index (χ1n) is 6.56. The molecule has 3 nitrogen and oxygen atoms in total. The minimum absolute atomic E-state index is 0.598. The predicted octanol–water partition coefficient (Wildman–Crippen LogP) is 3.72. The van der Waals surface area contributed by atoms with E-state index in [9.17, 15) is 0 Å². The van der Waals surface area contributed by atoms with Crippen LogP contribution in [0.15, 0.2) is 4.60 Å². The van der Waals surface area contributed by atoms with E-state index in [0.29, 0.717) is 6.04 Å². The Morgan fingerprint density at radius 3 is 2.35 bits per heavy atom. The van der Waals surface area contributed by atoms with Crippen molar-refractivity contribution < 1.29 is 0 Å². The van der Waals surface area contributed by atoms with Crippen LogP contribution in [-0.4, -0.2) is 16.0 Å². The molecule has 0 aliphatic heterocycles. The molecule has 0 unspecified atom stereocenters. The molecule has 1 heterocycles. The topological polar surface area (TPSA) is 37.8 Å². The maximum Gasteiger partial charge on any atom is 0.148 e. The van der Waals surface area contributed by atoms with E-state index in [4.69, 9.17) is 4.98 Å². The fourth-order valence-corrected chi connectivity index (χ4v) is 2.92. The molecule has 17 heavy (non-hydrogen) atoms. The van der Waals surface area contributed by atoms with Gasteiger partial charge >= 0.3 is 0 Å². The minimum Gasteiger partial charge on any atom is -0.366 e. The Morgan fingerprint density at radius 1 is 1.12 bits per heavy atom. The van der Waals surface area contributed by atoms with Crippen LogP contribution in [0.5, 0.6) is 0 Å². The molecule has 1 aliphatic rings. The Hall–Kier alpha value is -0.640. The third-order valence-corrected chi connectivity index (χ3v) is 3.99. The first kappa shape index (κ1) is 12.8. The second-order valence-corrected chi connectivity index (χ2v) is 5.34. The van der Waals surface area contributed by atoms with Crippen molar-refractivity contribution in [3.8, 4) is 0 Å². The van der Waals surface area contributed by atoms with Crippen LogP contribution in [0.2, 0.25) is 0 Å². The second kappa shape index (κ2) is 5.80. The summed E-state index contributed by atoms with van der Waals surface area (Å²) in [5, 5.41) is 3.57. The summed E-state index contributed by atoms with van der Waals surface area (Å²) >= 11 is 3.49. The number of halogens is 1. The van der Waals surface area contributed by atoms with Crippen molar-refractivity contribution in [2.45, 2.75) is 58.4 Å². The fourth-order valence-electron chi connectivity index (χ4n) is 2.33. The molecule has 1 aromatic heterocycles. The van der Waals surface area contributed by atoms with E-state index in [1.165, 1.54) is 25.7 Å². The number of hydrogen-bond donors (Lipinski definition) is 1. The maximum atomic E-state index is 4.70. The average Bonchev–Trinajstić information content (AvgIpc) is 2.83. The summed E-state index contributed by atoms with van der Waals surface area (Å²) in [7, 11) is 0. The molecule has 0 spiro atoms. The molecule has 0 bridgehead atoms. The second-order valence-electron chi connectivity index (χ2n) is 4.59. The third kappa shape index (κ3) is 2.97. The van der Waals surface area contributed by atoms with Crippen molar-refractivity contribution in [2.24, 2.45) is 0 Å². The van der Waals surface area contributed by atoms with Crippen LogP contribution in [0.3, 0.4) is 0 Å². The van der Waals surface area contributed by atoms with Gasteiger partial charge in [-0.3, -0.25) is 0 Å². The van der Waals surface area contributed by atoms with Crippen molar-refractivity contribution in [1.82, 2.24) is 9.97 Å². The zero-order valence-corrected chi connectivity index (χ0v) is 12.2. The Balaban J connectivity index is 2.23. The van der Waals surface area contributed by atoms with Gasteiger partial charge in [-0.15, -0.1) is 0 Å². The Morgan fingerprint density at radius 2 is 1.76 bits per heavy atom. The lowest BCUT2D eigenvalue weighted by Crippen LogP contribution is -2.18. The first-order valence-corrected chi connectivity index (χ1v) is 7.35. The van der Waals surface area contributed by atoms with Crippen molar-refractivity contribution in [1.29, 1.82) is 0 Å². The van der Waals surface area contributed by atoms with Crippen LogP contribution in [0.25, 0.3) is 0 Å². The van der Waals surface area contributed by atoms with Gasteiger partial charge in [0.15, 0.2) is 0 Å². The predicted molar refractivity (Wildman–Crippen MR) is 74.4 cm³/mol. The first-order chi connectivity index (χ1) is 8.24. The number of aromatic nitrogens is 2. The normalized spacial score (nSPS) is 16.4. The molecule has 1 saturated carbocycles. The van der Waals surface area contributed by atoms with E-state index in [2.05, 4.69) is 40.1 Å². The van der Waals surface area contributed by atoms with Crippen LogP contribution in [-0.2, 0) is 12.8 Å². The lowest BCUT2D eigenvalue weighted by atomic mass is 10.2. The summed E-state index contributed by atoms with van der Waals surface area (Å²) in [6.45, 7) is 4.24. The van der Waals surface area contributed by atoms with Crippen LogP contribution in [0.4, 0.5) is 5.82 Å². The largest absolute Gasteiger partial charge is 0.366 e. The molecule has 1 aliphatic carbocycles. The minimum atomic E-state index is 0.598. The zero-order chi connectivity index (χ0) is 12.3. The number of rotatable bonds is 4. The molecular weight excluding hydrogens is 278 g/mol. The highest BCUT2D eigenvalue weighted by Gasteiger charge is 2.18. The van der Waals surface area contributed by atoms with E-state index in [-0.39, 0.29) is 0 Å². The molecule has 1 aromatic rings. The fraction of sp³-hybridized carbons (Fsp3) is 0.692. The quantitative estimate of drug-likeness (QED) is 0.920. The van der Waals surface area contributed by atoms with Crippen molar-refractivity contribution in [3.05, 3.63) is 16.0 Å². The van der Waals surface area contributed by atoms with Gasteiger partial charge in [0.25, 0.3) is 0 Å². The lowest BCUT2D eigenvalue weighted by Gasteiger charge is -2.16. The van der Waals surface area contributed by atoms with E-state index >= 15 is 0 Å². The van der Waals surface area contributed by atoms with Gasteiger partial charge < -0.3 is 5.32 Å². The highest BCUT2D eigenvalue weighted by molar-refractivity contribution is 9.10. The summed E-state index contributed by atoms with van der Waals surface area (Å²) < 4.78 is 0.897. The van der Waals surface area contributed by atoms with E-state index in [0.717, 1.165) is 34.7 Å². The van der Waals surface area contributed by atoms with E-state index in [1.54, 1.807) is 0 Å². The van der Waals surface area contributed by atoms with Gasteiger partial charge in [-0.1, -0.05) is 26.7 Å². The summed E-state index contributed by atoms with van der Waals surface area (Å²) in [5.41, 5.74) is 2.11. The van der Waals surface area contributed by atoms with Crippen molar-refractivity contribution >= 4 is 21.7 Å².